The first kappa shape index (κ1) is 26.0. The minimum absolute atomic E-state index is 0. The second-order valence-corrected chi connectivity index (χ2v) is 7.92. The number of benzene rings is 3. The molecule has 0 aliphatic carbocycles. The van der Waals surface area contributed by atoms with E-state index < -0.39 is 0 Å². The molecule has 0 saturated carbocycles. The zero-order chi connectivity index (χ0) is 24.1. The van der Waals surface area contributed by atoms with Gasteiger partial charge < -0.3 is 9.51 Å². The summed E-state index contributed by atoms with van der Waals surface area (Å²) in [6, 6.07) is 23.8. The summed E-state index contributed by atoms with van der Waals surface area (Å²) in [7, 11) is 0. The van der Waals surface area contributed by atoms with Crippen LogP contribution in [-0.2, 0) is 31.3 Å². The van der Waals surface area contributed by atoms with E-state index in [1.54, 1.807) is 16.5 Å². The quantitative estimate of drug-likeness (QED) is 0.129. The third-order valence-corrected chi connectivity index (χ3v) is 5.43. The van der Waals surface area contributed by atoms with Gasteiger partial charge in [0.2, 0.25) is 0 Å². The minimum atomic E-state index is -0.254. The Balaban J connectivity index is 0.000000192. The summed E-state index contributed by atoms with van der Waals surface area (Å²) < 4.78 is 15.7. The average Bonchev–Trinajstić information content (AvgIpc) is 3.23. The van der Waals surface area contributed by atoms with Crippen molar-refractivity contribution in [3.8, 4) is 0 Å². The standard InChI is InChI=1S/C15H8FN2.C14H16O2.Ir/c16-12-6-3-7-13-14(12)18-9-8-10-4-1-2-5-11(10)15(18)17-13;1-3-12-4-6-13(7-5-12)8-9-14(16)10-11(2)15;/h1-4,6-9H;3-7,10,16H,1,8-9H2,2H3;/q-1;;. The molecule has 5 aromatic rings. The first-order chi connectivity index (χ1) is 16.5. The fourth-order valence-electron chi connectivity index (χ4n) is 3.76. The number of aliphatic hydroxyl groups is 1. The average molecular weight is 644 g/mol. The molecule has 2 heterocycles. The molecule has 2 aromatic heterocycles. The number of para-hydroxylation sites is 1. The van der Waals surface area contributed by atoms with Crippen LogP contribution in [0.4, 0.5) is 4.39 Å². The van der Waals surface area contributed by atoms with Crippen LogP contribution in [-0.4, -0.2) is 20.3 Å². The smallest absolute Gasteiger partial charge is 0.155 e. The Bertz CT molecular complexity index is 1520. The zero-order valence-electron chi connectivity index (χ0n) is 19.2. The number of aromatic nitrogens is 2. The first-order valence-corrected chi connectivity index (χ1v) is 10.9. The predicted octanol–water partition coefficient (Wildman–Crippen LogP) is 6.87. The molecule has 1 N–H and O–H groups in total. The zero-order valence-corrected chi connectivity index (χ0v) is 21.6. The van der Waals surface area contributed by atoms with Gasteiger partial charge in [0.25, 0.3) is 0 Å². The van der Waals surface area contributed by atoms with E-state index in [2.05, 4.69) is 17.6 Å². The van der Waals surface area contributed by atoms with Gasteiger partial charge in [-0.1, -0.05) is 49.1 Å². The maximum absolute atomic E-state index is 13.9. The van der Waals surface area contributed by atoms with Gasteiger partial charge in [-0.2, -0.15) is 0 Å². The van der Waals surface area contributed by atoms with Gasteiger partial charge in [-0.3, -0.25) is 9.78 Å². The third kappa shape index (κ3) is 6.10. The summed E-state index contributed by atoms with van der Waals surface area (Å²) in [6.07, 6.45) is 6.12. The molecule has 4 nitrogen and oxygen atoms in total. The molecule has 179 valence electrons. The van der Waals surface area contributed by atoms with E-state index in [0.29, 0.717) is 17.5 Å². The molecule has 0 fully saturated rings. The van der Waals surface area contributed by atoms with Crippen molar-refractivity contribution in [2.75, 3.05) is 0 Å². The number of nitrogens with zero attached hydrogens (tertiary/aromatic N) is 2. The molecule has 35 heavy (non-hydrogen) atoms. The van der Waals surface area contributed by atoms with Gasteiger partial charge in [-0.25, -0.2) is 4.39 Å². The van der Waals surface area contributed by atoms with Crippen LogP contribution in [0.15, 0.2) is 91.3 Å². The van der Waals surface area contributed by atoms with Crippen molar-refractivity contribution in [1.29, 1.82) is 0 Å². The van der Waals surface area contributed by atoms with Crippen molar-refractivity contribution in [3.63, 3.8) is 0 Å². The van der Waals surface area contributed by atoms with Crippen LogP contribution < -0.4 is 0 Å². The van der Waals surface area contributed by atoms with E-state index in [9.17, 15) is 14.3 Å². The van der Waals surface area contributed by atoms with E-state index >= 15 is 0 Å². The molecule has 0 spiro atoms. The van der Waals surface area contributed by atoms with Crippen LogP contribution in [0.2, 0.25) is 0 Å². The van der Waals surface area contributed by atoms with Gasteiger partial charge in [0.15, 0.2) is 5.78 Å². The van der Waals surface area contributed by atoms with Crippen molar-refractivity contribution in [1.82, 2.24) is 9.38 Å². The number of fused-ring (bicyclic) bond motifs is 5. The molecular formula is C29H24FIrN2O2-. The van der Waals surface area contributed by atoms with Gasteiger partial charge in [0, 0.05) is 32.6 Å². The van der Waals surface area contributed by atoms with E-state index in [4.69, 9.17) is 0 Å². The van der Waals surface area contributed by atoms with Gasteiger partial charge in [-0.05, 0) is 42.8 Å². The maximum Gasteiger partial charge on any atom is 0.155 e. The first-order valence-electron chi connectivity index (χ1n) is 10.9. The number of imidazole rings is 1. The fraction of sp³-hybridized carbons (Fsp3) is 0.103. The predicted molar refractivity (Wildman–Crippen MR) is 135 cm³/mol. The Labute approximate surface area is 216 Å². The van der Waals surface area contributed by atoms with Crippen molar-refractivity contribution >= 4 is 39.3 Å². The largest absolute Gasteiger partial charge is 0.512 e. The minimum Gasteiger partial charge on any atom is -0.512 e. The fourth-order valence-corrected chi connectivity index (χ4v) is 3.76. The summed E-state index contributed by atoms with van der Waals surface area (Å²) in [5.41, 5.74) is 4.14. The Morgan fingerprint density at radius 2 is 1.91 bits per heavy atom. The second-order valence-electron chi connectivity index (χ2n) is 7.92. The Kier molecular flexibility index (Phi) is 8.69. The monoisotopic (exact) mass is 644 g/mol. The number of aliphatic hydroxyl groups excluding tert-OH is 1. The molecule has 0 saturated heterocycles. The Morgan fingerprint density at radius 3 is 2.63 bits per heavy atom. The second kappa shape index (κ2) is 11.7. The van der Waals surface area contributed by atoms with Crippen molar-refractivity contribution in [2.45, 2.75) is 19.8 Å². The molecule has 0 aliphatic heterocycles. The number of ketones is 1. The summed E-state index contributed by atoms with van der Waals surface area (Å²) in [4.78, 5) is 15.2. The van der Waals surface area contributed by atoms with Crippen LogP contribution in [0.5, 0.6) is 0 Å². The van der Waals surface area contributed by atoms with Gasteiger partial charge >= 0.3 is 0 Å². The Hall–Kier alpha value is -3.60. The molecule has 0 bridgehead atoms. The van der Waals surface area contributed by atoms with Crippen LogP contribution in [0.3, 0.4) is 0 Å². The molecule has 3 aromatic carbocycles. The number of aryl methyl sites for hydroxylation is 1. The number of halogens is 1. The van der Waals surface area contributed by atoms with E-state index in [-0.39, 0.29) is 37.5 Å². The molecule has 0 unspecified atom stereocenters. The summed E-state index contributed by atoms with van der Waals surface area (Å²) in [5, 5.41) is 11.4. The van der Waals surface area contributed by atoms with Gasteiger partial charge in [0.05, 0.1) is 22.4 Å². The number of carbonyl (C=O) groups excluding carboxylic acids is 1. The molecule has 5 rings (SSSR count). The summed E-state index contributed by atoms with van der Waals surface area (Å²) in [5.74, 6) is -0.241. The normalized spacial score (nSPS) is 11.1. The van der Waals surface area contributed by atoms with E-state index in [0.717, 1.165) is 34.0 Å². The third-order valence-electron chi connectivity index (χ3n) is 5.43. The van der Waals surface area contributed by atoms with Crippen molar-refractivity contribution < 1.29 is 34.4 Å². The van der Waals surface area contributed by atoms with Crippen molar-refractivity contribution in [2.24, 2.45) is 0 Å². The molecule has 0 aliphatic rings. The molecule has 0 atom stereocenters. The van der Waals surface area contributed by atoms with E-state index in [1.807, 2.05) is 60.8 Å². The molecular weight excluding hydrogens is 620 g/mol. The van der Waals surface area contributed by atoms with Gasteiger partial charge in [-0.15, -0.1) is 35.0 Å². The summed E-state index contributed by atoms with van der Waals surface area (Å²) >= 11 is 0. The SMILES string of the molecule is C=Cc1ccc(CCC(O)=CC(C)=O)cc1.Fc1cccc2nc3c4[c-]cccc4ccn3c12.[Ir]. The Morgan fingerprint density at radius 1 is 1.14 bits per heavy atom. The van der Waals surface area contributed by atoms with Crippen LogP contribution in [0.1, 0.15) is 24.5 Å². The van der Waals surface area contributed by atoms with Gasteiger partial charge in [0.1, 0.15) is 5.82 Å². The molecule has 0 amide bonds. The van der Waals surface area contributed by atoms with Crippen molar-refractivity contribution in [3.05, 3.63) is 114 Å². The number of hydrogen-bond acceptors (Lipinski definition) is 3. The maximum atomic E-state index is 13.9. The number of hydrogen-bond donors (Lipinski definition) is 1. The molecule has 1 radical (unpaired) electrons. The van der Waals surface area contributed by atoms with Crippen LogP contribution in [0.25, 0.3) is 33.5 Å². The number of rotatable bonds is 5. The number of pyridine rings is 1. The van der Waals surface area contributed by atoms with Crippen LogP contribution >= 0.6 is 0 Å². The van der Waals surface area contributed by atoms with Crippen LogP contribution in [0, 0.1) is 11.9 Å². The number of carbonyl (C=O) groups is 1. The molecule has 6 heteroatoms. The van der Waals surface area contributed by atoms with E-state index in [1.165, 1.54) is 19.1 Å². The summed E-state index contributed by atoms with van der Waals surface area (Å²) in [6.45, 7) is 5.11. The topological polar surface area (TPSA) is 54.6 Å². The number of allylic oxidation sites excluding steroid dienone is 2.